The fourth-order valence-corrected chi connectivity index (χ4v) is 4.35. The van der Waals surface area contributed by atoms with Gasteiger partial charge in [-0.1, -0.05) is 84.9 Å². The summed E-state index contributed by atoms with van der Waals surface area (Å²) >= 11 is 0. The van der Waals surface area contributed by atoms with Gasteiger partial charge in [-0.25, -0.2) is 0 Å². The molecule has 4 aromatic rings. The van der Waals surface area contributed by atoms with Crippen LogP contribution in [-0.2, 0) is 12.1 Å². The lowest BCUT2D eigenvalue weighted by molar-refractivity contribution is 0.0980. The van der Waals surface area contributed by atoms with E-state index in [1.165, 1.54) is 0 Å². The van der Waals surface area contributed by atoms with Crippen molar-refractivity contribution < 1.29 is 4.79 Å². The van der Waals surface area contributed by atoms with Crippen molar-refractivity contribution in [2.24, 2.45) is 0 Å². The number of benzene rings is 4. The Morgan fingerprint density at radius 1 is 0.667 bits per heavy atom. The smallest absolute Gasteiger partial charge is 0.260 e. The molecule has 1 aliphatic rings. The third kappa shape index (κ3) is 3.05. The first-order valence-corrected chi connectivity index (χ1v) is 10.1. The molecular formula is C27H22N2O. The van der Waals surface area contributed by atoms with E-state index in [9.17, 15) is 4.79 Å². The van der Waals surface area contributed by atoms with E-state index >= 15 is 0 Å². The van der Waals surface area contributed by atoms with Crippen molar-refractivity contribution in [3.63, 3.8) is 0 Å². The Labute approximate surface area is 176 Å². The maximum atomic E-state index is 13.7. The van der Waals surface area contributed by atoms with Crippen molar-refractivity contribution in [2.75, 3.05) is 10.2 Å². The monoisotopic (exact) mass is 390 g/mol. The second-order valence-electron chi connectivity index (χ2n) is 7.54. The molecule has 0 unspecified atom stereocenters. The van der Waals surface area contributed by atoms with Crippen LogP contribution < -0.4 is 10.2 Å². The predicted octanol–water partition coefficient (Wildman–Crippen LogP) is 5.85. The Kier molecular flexibility index (Phi) is 4.56. The molecule has 1 N–H and O–H groups in total. The number of nitrogens with one attached hydrogen (secondary N) is 1. The summed E-state index contributed by atoms with van der Waals surface area (Å²) in [6.45, 7) is 0. The van der Waals surface area contributed by atoms with E-state index in [0.717, 1.165) is 28.1 Å². The minimum Gasteiger partial charge on any atom is -0.358 e. The number of nitrogens with zero attached hydrogens (tertiary/aromatic N) is 1. The summed E-state index contributed by atoms with van der Waals surface area (Å²) in [4.78, 5) is 15.6. The van der Waals surface area contributed by atoms with Crippen LogP contribution in [0, 0.1) is 0 Å². The summed E-state index contributed by atoms with van der Waals surface area (Å²) in [5.41, 5.74) is 3.99. The molecule has 0 bridgehead atoms. The average molecular weight is 390 g/mol. The highest BCUT2D eigenvalue weighted by Crippen LogP contribution is 2.44. The molecule has 30 heavy (non-hydrogen) atoms. The minimum atomic E-state index is -0.738. The number of fused-ring (bicyclic) bond motifs is 1. The molecule has 0 saturated carbocycles. The molecule has 5 rings (SSSR count). The molecule has 0 radical (unpaired) electrons. The van der Waals surface area contributed by atoms with E-state index in [0.29, 0.717) is 6.42 Å². The number of carbonyl (C=O) groups excluding carboxylic acids is 1. The molecule has 3 nitrogen and oxygen atoms in total. The van der Waals surface area contributed by atoms with Crippen LogP contribution in [0.5, 0.6) is 0 Å². The fraction of sp³-hybridized carbons (Fsp3) is 0.0741. The van der Waals surface area contributed by atoms with Gasteiger partial charge in [-0.3, -0.25) is 9.69 Å². The van der Waals surface area contributed by atoms with Gasteiger partial charge < -0.3 is 5.32 Å². The highest BCUT2D eigenvalue weighted by molar-refractivity contribution is 6.12. The zero-order valence-electron chi connectivity index (χ0n) is 16.5. The van der Waals surface area contributed by atoms with Crippen LogP contribution >= 0.6 is 0 Å². The van der Waals surface area contributed by atoms with Crippen LogP contribution in [0.2, 0.25) is 0 Å². The van der Waals surface area contributed by atoms with Gasteiger partial charge in [0, 0.05) is 28.9 Å². The van der Waals surface area contributed by atoms with Crippen molar-refractivity contribution in [1.29, 1.82) is 0 Å². The van der Waals surface area contributed by atoms with Crippen molar-refractivity contribution >= 4 is 17.3 Å². The van der Waals surface area contributed by atoms with Crippen molar-refractivity contribution in [3.05, 3.63) is 132 Å². The number of para-hydroxylation sites is 2. The van der Waals surface area contributed by atoms with E-state index in [4.69, 9.17) is 0 Å². The van der Waals surface area contributed by atoms with E-state index in [1.54, 1.807) is 0 Å². The summed E-state index contributed by atoms with van der Waals surface area (Å²) in [6.07, 6.45) is 0.639. The molecule has 1 heterocycles. The highest BCUT2D eigenvalue weighted by Gasteiger charge is 2.50. The molecule has 1 aliphatic heterocycles. The molecule has 3 heteroatoms. The average Bonchev–Trinajstić information content (AvgIpc) is 3.04. The molecule has 4 aromatic carbocycles. The lowest BCUT2D eigenvalue weighted by atomic mass is 9.90. The fourth-order valence-electron chi connectivity index (χ4n) is 4.35. The largest absolute Gasteiger partial charge is 0.358 e. The summed E-state index contributed by atoms with van der Waals surface area (Å²) in [5.74, 6) is 0.0103. The molecular weight excluding hydrogens is 368 g/mol. The van der Waals surface area contributed by atoms with Crippen LogP contribution in [0.3, 0.4) is 0 Å². The zero-order chi connectivity index (χ0) is 20.4. The lowest BCUT2D eigenvalue weighted by Gasteiger charge is -2.41. The first kappa shape index (κ1) is 18.2. The summed E-state index contributed by atoms with van der Waals surface area (Å²) in [7, 11) is 0. The minimum absolute atomic E-state index is 0.0103. The Balaban J connectivity index is 1.75. The topological polar surface area (TPSA) is 32.3 Å². The molecule has 0 saturated heterocycles. The molecule has 0 aliphatic carbocycles. The molecule has 0 aromatic heterocycles. The number of rotatable bonds is 5. The van der Waals surface area contributed by atoms with Gasteiger partial charge in [0.15, 0.2) is 0 Å². The molecule has 1 amide bonds. The number of hydrogen-bond acceptors (Lipinski definition) is 2. The van der Waals surface area contributed by atoms with E-state index in [1.807, 2.05) is 102 Å². The molecule has 146 valence electrons. The molecule has 1 atom stereocenters. The maximum absolute atomic E-state index is 13.7. The summed E-state index contributed by atoms with van der Waals surface area (Å²) in [5, 5.41) is 3.74. The third-order valence-electron chi connectivity index (χ3n) is 5.63. The van der Waals surface area contributed by atoms with Gasteiger partial charge in [0.25, 0.3) is 5.91 Å². The number of amides is 1. The van der Waals surface area contributed by atoms with Crippen molar-refractivity contribution in [2.45, 2.75) is 12.1 Å². The van der Waals surface area contributed by atoms with E-state index in [2.05, 4.69) is 23.5 Å². The van der Waals surface area contributed by atoms with Gasteiger partial charge >= 0.3 is 0 Å². The van der Waals surface area contributed by atoms with Crippen LogP contribution in [-0.4, -0.2) is 5.91 Å². The Hall–Kier alpha value is -3.85. The Bertz CT molecular complexity index is 1120. The zero-order valence-corrected chi connectivity index (χ0v) is 16.5. The van der Waals surface area contributed by atoms with Crippen molar-refractivity contribution in [3.8, 4) is 0 Å². The quantitative estimate of drug-likeness (QED) is 0.463. The third-order valence-corrected chi connectivity index (χ3v) is 5.63. The number of hydrogen-bond donors (Lipinski definition) is 1. The van der Waals surface area contributed by atoms with Crippen LogP contribution in [0.25, 0.3) is 0 Å². The number of anilines is 2. The van der Waals surface area contributed by atoms with E-state index in [-0.39, 0.29) is 5.91 Å². The Morgan fingerprint density at radius 3 is 1.93 bits per heavy atom. The standard InChI is InChI=1S/C27H22N2O/c30-26-24-18-10-11-19-25(24)27(20-21-12-4-1-5-13-21,28-22-14-6-2-7-15-22)29(26)23-16-8-3-9-17-23/h1-19,28H,20H2/t27-/m0/s1. The molecule has 0 fully saturated rings. The predicted molar refractivity (Wildman–Crippen MR) is 122 cm³/mol. The lowest BCUT2D eigenvalue weighted by Crippen LogP contribution is -2.51. The first-order chi connectivity index (χ1) is 14.8. The van der Waals surface area contributed by atoms with Crippen LogP contribution in [0.15, 0.2) is 115 Å². The SMILES string of the molecule is O=C1c2ccccc2[C@@](Cc2ccccc2)(Nc2ccccc2)N1c1ccccc1. The van der Waals surface area contributed by atoms with Gasteiger partial charge in [0.05, 0.1) is 0 Å². The summed E-state index contributed by atoms with van der Waals surface area (Å²) in [6, 6.07) is 38.3. The van der Waals surface area contributed by atoms with E-state index < -0.39 is 5.66 Å². The summed E-state index contributed by atoms with van der Waals surface area (Å²) < 4.78 is 0. The van der Waals surface area contributed by atoms with Gasteiger partial charge in [-0.2, -0.15) is 0 Å². The maximum Gasteiger partial charge on any atom is 0.260 e. The van der Waals surface area contributed by atoms with Gasteiger partial charge in [0.1, 0.15) is 5.66 Å². The molecule has 0 spiro atoms. The Morgan fingerprint density at radius 2 is 1.23 bits per heavy atom. The van der Waals surface area contributed by atoms with Gasteiger partial charge in [-0.15, -0.1) is 0 Å². The van der Waals surface area contributed by atoms with Crippen molar-refractivity contribution in [1.82, 2.24) is 0 Å². The van der Waals surface area contributed by atoms with Crippen LogP contribution in [0.4, 0.5) is 11.4 Å². The first-order valence-electron chi connectivity index (χ1n) is 10.1. The normalized spacial score (nSPS) is 17.6. The van der Waals surface area contributed by atoms with Crippen LogP contribution in [0.1, 0.15) is 21.5 Å². The number of carbonyl (C=O) groups is 1. The highest BCUT2D eigenvalue weighted by atomic mass is 16.2. The second kappa shape index (κ2) is 7.53. The van der Waals surface area contributed by atoms with Gasteiger partial charge in [-0.05, 0) is 35.9 Å². The second-order valence-corrected chi connectivity index (χ2v) is 7.54. The van der Waals surface area contributed by atoms with Gasteiger partial charge in [0.2, 0.25) is 0 Å².